The Balaban J connectivity index is 0.00000225. The van der Waals surface area contributed by atoms with Gasteiger partial charge in [-0.15, -0.1) is 12.4 Å². The monoisotopic (exact) mass is 250 g/mol. The lowest BCUT2D eigenvalue weighted by Crippen LogP contribution is -2.52. The zero-order valence-corrected chi connectivity index (χ0v) is 10.8. The minimum absolute atomic E-state index is 0. The van der Waals surface area contributed by atoms with Gasteiger partial charge in [-0.25, -0.2) is 0 Å². The first-order valence-electron chi connectivity index (χ1n) is 5.76. The van der Waals surface area contributed by atoms with E-state index in [9.17, 15) is 9.90 Å². The molecule has 5 heteroatoms. The summed E-state index contributed by atoms with van der Waals surface area (Å²) in [6.45, 7) is 3.84. The van der Waals surface area contributed by atoms with Crippen molar-refractivity contribution in [2.75, 3.05) is 0 Å². The van der Waals surface area contributed by atoms with Gasteiger partial charge in [0.15, 0.2) is 0 Å². The molecule has 0 aromatic heterocycles. The van der Waals surface area contributed by atoms with Crippen LogP contribution in [0.4, 0.5) is 0 Å². The second-order valence-corrected chi connectivity index (χ2v) is 4.74. The molecule has 0 aliphatic heterocycles. The first kappa shape index (κ1) is 15.7. The number of aliphatic hydroxyl groups is 1. The van der Waals surface area contributed by atoms with Gasteiger partial charge in [-0.2, -0.15) is 0 Å². The molecule has 0 aromatic carbocycles. The molecule has 0 radical (unpaired) electrons. The number of nitrogens with one attached hydrogen (secondary N) is 1. The maximum atomic E-state index is 11.7. The van der Waals surface area contributed by atoms with Gasteiger partial charge in [-0.05, 0) is 18.8 Å². The number of carbonyl (C=O) groups excluding carboxylic acids is 1. The van der Waals surface area contributed by atoms with E-state index >= 15 is 0 Å². The van der Waals surface area contributed by atoms with Gasteiger partial charge >= 0.3 is 0 Å². The van der Waals surface area contributed by atoms with E-state index in [1.165, 1.54) is 0 Å². The highest BCUT2D eigenvalue weighted by Gasteiger charge is 2.27. The fourth-order valence-corrected chi connectivity index (χ4v) is 1.86. The number of nitrogens with two attached hydrogens (primary N) is 1. The lowest BCUT2D eigenvalue weighted by molar-refractivity contribution is -0.125. The highest BCUT2D eigenvalue weighted by molar-refractivity contribution is 5.85. The number of amides is 1. The molecule has 96 valence electrons. The third-order valence-electron chi connectivity index (χ3n) is 3.08. The molecular weight excluding hydrogens is 228 g/mol. The Hall–Kier alpha value is -0.320. The second-order valence-electron chi connectivity index (χ2n) is 4.74. The predicted octanol–water partition coefficient (Wildman–Crippen LogP) is 0.811. The summed E-state index contributed by atoms with van der Waals surface area (Å²) < 4.78 is 0. The topological polar surface area (TPSA) is 75.4 Å². The van der Waals surface area contributed by atoms with E-state index in [1.807, 2.05) is 13.8 Å². The molecule has 4 nitrogen and oxygen atoms in total. The fourth-order valence-electron chi connectivity index (χ4n) is 1.86. The lowest BCUT2D eigenvalue weighted by Gasteiger charge is -2.29. The van der Waals surface area contributed by atoms with Crippen molar-refractivity contribution in [3.05, 3.63) is 0 Å². The molecule has 1 amide bonds. The average molecular weight is 251 g/mol. The van der Waals surface area contributed by atoms with Crippen molar-refractivity contribution < 1.29 is 9.90 Å². The molecule has 1 aliphatic rings. The van der Waals surface area contributed by atoms with Gasteiger partial charge in [0.25, 0.3) is 0 Å². The van der Waals surface area contributed by atoms with Crippen LogP contribution in [-0.4, -0.2) is 29.2 Å². The molecule has 1 aliphatic carbocycles. The maximum absolute atomic E-state index is 11.7. The Labute approximate surface area is 103 Å². The summed E-state index contributed by atoms with van der Waals surface area (Å²) in [5, 5.41) is 12.5. The molecule has 0 saturated heterocycles. The summed E-state index contributed by atoms with van der Waals surface area (Å²) in [6.07, 6.45) is 3.35. The molecule has 1 rings (SSSR count). The number of aliphatic hydroxyl groups excluding tert-OH is 1. The van der Waals surface area contributed by atoms with Crippen LogP contribution >= 0.6 is 12.4 Å². The Morgan fingerprint density at radius 3 is 2.44 bits per heavy atom. The third kappa shape index (κ3) is 4.28. The zero-order chi connectivity index (χ0) is 11.4. The highest BCUT2D eigenvalue weighted by atomic mass is 35.5. The average Bonchev–Trinajstić information content (AvgIpc) is 2.20. The van der Waals surface area contributed by atoms with Crippen molar-refractivity contribution in [2.45, 2.75) is 57.7 Å². The van der Waals surface area contributed by atoms with Crippen LogP contribution in [0.15, 0.2) is 0 Å². The van der Waals surface area contributed by atoms with Crippen LogP contribution in [0.1, 0.15) is 39.5 Å². The van der Waals surface area contributed by atoms with Gasteiger partial charge in [0.1, 0.15) is 0 Å². The normalized spacial score (nSPS) is 27.1. The summed E-state index contributed by atoms with van der Waals surface area (Å²) >= 11 is 0. The van der Waals surface area contributed by atoms with Crippen LogP contribution in [0.25, 0.3) is 0 Å². The van der Waals surface area contributed by atoms with Crippen molar-refractivity contribution in [1.29, 1.82) is 0 Å². The molecule has 0 heterocycles. The standard InChI is InChI=1S/C11H22N2O2.ClH/c1-7(2)10(12)11(15)13-8-5-3-4-6-9(8)14;/h7-10,14H,3-6,12H2,1-2H3,(H,13,15);1H/t8-,9-,10+;/m0./s1. The van der Waals surface area contributed by atoms with Gasteiger partial charge in [0, 0.05) is 0 Å². The van der Waals surface area contributed by atoms with Crippen LogP contribution in [-0.2, 0) is 4.79 Å². The smallest absolute Gasteiger partial charge is 0.237 e. The molecule has 0 bridgehead atoms. The van der Waals surface area contributed by atoms with E-state index in [-0.39, 0.29) is 30.3 Å². The van der Waals surface area contributed by atoms with Crippen LogP contribution < -0.4 is 11.1 Å². The number of halogens is 1. The van der Waals surface area contributed by atoms with E-state index in [1.54, 1.807) is 0 Å². The van der Waals surface area contributed by atoms with Gasteiger partial charge < -0.3 is 16.2 Å². The van der Waals surface area contributed by atoms with Crippen molar-refractivity contribution >= 4 is 18.3 Å². The molecule has 3 atom stereocenters. The molecule has 0 spiro atoms. The molecule has 1 fully saturated rings. The number of rotatable bonds is 3. The molecule has 1 saturated carbocycles. The Kier molecular flexibility index (Phi) is 6.95. The summed E-state index contributed by atoms with van der Waals surface area (Å²) in [4.78, 5) is 11.7. The minimum atomic E-state index is -0.473. The zero-order valence-electron chi connectivity index (χ0n) is 9.98. The largest absolute Gasteiger partial charge is 0.391 e. The molecule has 16 heavy (non-hydrogen) atoms. The van der Waals surface area contributed by atoms with Crippen molar-refractivity contribution in [1.82, 2.24) is 5.32 Å². The highest BCUT2D eigenvalue weighted by Crippen LogP contribution is 2.18. The van der Waals surface area contributed by atoms with Crippen LogP contribution in [0.5, 0.6) is 0 Å². The predicted molar refractivity (Wildman–Crippen MR) is 66.5 cm³/mol. The molecule has 0 aromatic rings. The van der Waals surface area contributed by atoms with Crippen molar-refractivity contribution in [3.63, 3.8) is 0 Å². The molecular formula is C11H23ClN2O2. The minimum Gasteiger partial charge on any atom is -0.391 e. The molecule has 4 N–H and O–H groups in total. The number of carbonyl (C=O) groups is 1. The second kappa shape index (κ2) is 7.09. The van der Waals surface area contributed by atoms with E-state index in [0.717, 1.165) is 25.7 Å². The van der Waals surface area contributed by atoms with E-state index in [4.69, 9.17) is 5.73 Å². The summed E-state index contributed by atoms with van der Waals surface area (Å²) in [5.41, 5.74) is 5.73. The van der Waals surface area contributed by atoms with Gasteiger partial charge in [0.05, 0.1) is 18.2 Å². The quantitative estimate of drug-likeness (QED) is 0.694. The van der Waals surface area contributed by atoms with Crippen molar-refractivity contribution in [2.24, 2.45) is 11.7 Å². The number of hydrogen-bond donors (Lipinski definition) is 3. The van der Waals surface area contributed by atoms with Crippen LogP contribution in [0, 0.1) is 5.92 Å². The summed E-state index contributed by atoms with van der Waals surface area (Å²) in [6, 6.07) is -0.574. The Bertz CT molecular complexity index is 224. The lowest BCUT2D eigenvalue weighted by atomic mass is 9.92. The first-order chi connectivity index (χ1) is 7.02. The van der Waals surface area contributed by atoms with E-state index in [0.29, 0.717) is 0 Å². The summed E-state index contributed by atoms with van der Waals surface area (Å²) in [7, 11) is 0. The first-order valence-corrected chi connectivity index (χ1v) is 5.76. The summed E-state index contributed by atoms with van der Waals surface area (Å²) in [5.74, 6) is -0.0123. The third-order valence-corrected chi connectivity index (χ3v) is 3.08. The van der Waals surface area contributed by atoms with E-state index in [2.05, 4.69) is 5.32 Å². The van der Waals surface area contributed by atoms with Gasteiger partial charge in [-0.3, -0.25) is 4.79 Å². The number of hydrogen-bond acceptors (Lipinski definition) is 3. The Morgan fingerprint density at radius 2 is 1.94 bits per heavy atom. The van der Waals surface area contributed by atoms with E-state index < -0.39 is 12.1 Å². The van der Waals surface area contributed by atoms with Crippen molar-refractivity contribution in [3.8, 4) is 0 Å². The molecule has 0 unspecified atom stereocenters. The van der Waals surface area contributed by atoms with Gasteiger partial charge in [-0.1, -0.05) is 26.7 Å². The van der Waals surface area contributed by atoms with Crippen LogP contribution in [0.3, 0.4) is 0 Å². The van der Waals surface area contributed by atoms with Gasteiger partial charge in [0.2, 0.25) is 5.91 Å². The van der Waals surface area contributed by atoms with Crippen LogP contribution in [0.2, 0.25) is 0 Å². The maximum Gasteiger partial charge on any atom is 0.237 e. The SMILES string of the molecule is CC(C)[C@@H](N)C(=O)N[C@H]1CCCC[C@@H]1O.Cl. The fraction of sp³-hybridized carbons (Fsp3) is 0.909. The Morgan fingerprint density at radius 1 is 1.38 bits per heavy atom.